The molecule has 0 aromatic heterocycles. The molecule has 1 aromatic carbocycles. The molecular weight excluding hydrogens is 190 g/mol. The lowest BCUT2D eigenvalue weighted by atomic mass is 10.00. The first-order valence-electron chi connectivity index (χ1n) is 5.06. The van der Waals surface area contributed by atoms with E-state index in [2.05, 4.69) is 0 Å². The second-order valence-electron chi connectivity index (χ2n) is 3.76. The summed E-state index contributed by atoms with van der Waals surface area (Å²) in [6.07, 6.45) is 0.798. The standard InChI is InChI=1S/C12H19NO2/c1-8(13)7-10-9(2)11(14-3)5-6-12(10)15-4/h5-6,8H,7,13H2,1-4H3. The third-order valence-corrected chi connectivity index (χ3v) is 2.47. The van der Waals surface area contributed by atoms with E-state index >= 15 is 0 Å². The van der Waals surface area contributed by atoms with Crippen LogP contribution < -0.4 is 15.2 Å². The fourth-order valence-electron chi connectivity index (χ4n) is 1.70. The van der Waals surface area contributed by atoms with Crippen LogP contribution >= 0.6 is 0 Å². The molecule has 3 heteroatoms. The van der Waals surface area contributed by atoms with Gasteiger partial charge in [-0.05, 0) is 38.0 Å². The Morgan fingerprint density at radius 1 is 1.20 bits per heavy atom. The molecular formula is C12H19NO2. The van der Waals surface area contributed by atoms with E-state index in [-0.39, 0.29) is 6.04 Å². The summed E-state index contributed by atoms with van der Waals surface area (Å²) < 4.78 is 10.6. The first-order chi connectivity index (χ1) is 7.10. The Hall–Kier alpha value is -1.22. The first-order valence-corrected chi connectivity index (χ1v) is 5.06. The highest BCUT2D eigenvalue weighted by Crippen LogP contribution is 2.30. The highest BCUT2D eigenvalue weighted by molar-refractivity contribution is 5.48. The molecule has 0 saturated heterocycles. The summed E-state index contributed by atoms with van der Waals surface area (Å²) in [5.74, 6) is 1.76. The SMILES string of the molecule is COc1ccc(OC)c(CC(C)N)c1C. The number of methoxy groups -OCH3 is 2. The molecule has 1 rings (SSSR count). The van der Waals surface area contributed by atoms with Crippen molar-refractivity contribution in [2.24, 2.45) is 5.73 Å². The third kappa shape index (κ3) is 2.63. The van der Waals surface area contributed by atoms with Gasteiger partial charge >= 0.3 is 0 Å². The second-order valence-corrected chi connectivity index (χ2v) is 3.76. The van der Waals surface area contributed by atoms with Crippen LogP contribution in [0.15, 0.2) is 12.1 Å². The van der Waals surface area contributed by atoms with Crippen LogP contribution in [0.2, 0.25) is 0 Å². The molecule has 0 bridgehead atoms. The maximum Gasteiger partial charge on any atom is 0.122 e. The molecule has 1 atom stereocenters. The summed E-state index contributed by atoms with van der Waals surface area (Å²) in [6.45, 7) is 4.01. The van der Waals surface area contributed by atoms with E-state index in [0.29, 0.717) is 0 Å². The van der Waals surface area contributed by atoms with Crippen LogP contribution in [0, 0.1) is 6.92 Å². The van der Waals surface area contributed by atoms with Gasteiger partial charge in [0.1, 0.15) is 11.5 Å². The van der Waals surface area contributed by atoms with Gasteiger partial charge in [-0.1, -0.05) is 0 Å². The molecule has 0 spiro atoms. The van der Waals surface area contributed by atoms with Gasteiger partial charge in [-0.15, -0.1) is 0 Å². The lowest BCUT2D eigenvalue weighted by Gasteiger charge is -2.16. The van der Waals surface area contributed by atoms with Gasteiger partial charge in [0.25, 0.3) is 0 Å². The van der Waals surface area contributed by atoms with Crippen LogP contribution in [-0.2, 0) is 6.42 Å². The quantitative estimate of drug-likeness (QED) is 0.823. The van der Waals surface area contributed by atoms with Crippen molar-refractivity contribution in [2.75, 3.05) is 14.2 Å². The lowest BCUT2D eigenvalue weighted by Crippen LogP contribution is -2.19. The Kier molecular flexibility index (Phi) is 3.97. The summed E-state index contributed by atoms with van der Waals surface area (Å²) in [5.41, 5.74) is 8.05. The zero-order chi connectivity index (χ0) is 11.4. The van der Waals surface area contributed by atoms with Crippen molar-refractivity contribution in [2.45, 2.75) is 26.3 Å². The van der Waals surface area contributed by atoms with Crippen LogP contribution in [0.25, 0.3) is 0 Å². The van der Waals surface area contributed by atoms with Gasteiger partial charge < -0.3 is 15.2 Å². The largest absolute Gasteiger partial charge is 0.496 e. The molecule has 1 aromatic rings. The summed E-state index contributed by atoms with van der Waals surface area (Å²) in [6, 6.07) is 3.95. The van der Waals surface area contributed by atoms with Gasteiger partial charge in [-0.25, -0.2) is 0 Å². The van der Waals surface area contributed by atoms with Gasteiger partial charge in [0.05, 0.1) is 14.2 Å². The van der Waals surface area contributed by atoms with Crippen molar-refractivity contribution >= 4 is 0 Å². The third-order valence-electron chi connectivity index (χ3n) is 2.47. The van der Waals surface area contributed by atoms with Crippen molar-refractivity contribution < 1.29 is 9.47 Å². The van der Waals surface area contributed by atoms with Crippen LogP contribution in [-0.4, -0.2) is 20.3 Å². The highest BCUT2D eigenvalue weighted by Gasteiger charge is 2.12. The van der Waals surface area contributed by atoms with Gasteiger partial charge in [0.15, 0.2) is 0 Å². The van der Waals surface area contributed by atoms with E-state index in [1.165, 1.54) is 0 Å². The van der Waals surface area contributed by atoms with E-state index < -0.39 is 0 Å². The average molecular weight is 209 g/mol. The van der Waals surface area contributed by atoms with Crippen LogP contribution in [0.4, 0.5) is 0 Å². The topological polar surface area (TPSA) is 44.5 Å². The van der Waals surface area contributed by atoms with Crippen molar-refractivity contribution in [3.63, 3.8) is 0 Å². The summed E-state index contributed by atoms with van der Waals surface area (Å²) in [5, 5.41) is 0. The number of nitrogens with two attached hydrogens (primary N) is 1. The second kappa shape index (κ2) is 5.03. The van der Waals surface area contributed by atoms with Gasteiger partial charge in [-0.3, -0.25) is 0 Å². The molecule has 3 nitrogen and oxygen atoms in total. The minimum Gasteiger partial charge on any atom is -0.496 e. The van der Waals surface area contributed by atoms with E-state index in [1.807, 2.05) is 26.0 Å². The Morgan fingerprint density at radius 3 is 2.20 bits per heavy atom. The van der Waals surface area contributed by atoms with Crippen molar-refractivity contribution in [1.82, 2.24) is 0 Å². The zero-order valence-electron chi connectivity index (χ0n) is 9.83. The monoisotopic (exact) mass is 209 g/mol. The van der Waals surface area contributed by atoms with Gasteiger partial charge in [0, 0.05) is 11.6 Å². The average Bonchev–Trinajstić information content (AvgIpc) is 2.20. The predicted molar refractivity (Wildman–Crippen MR) is 61.6 cm³/mol. The fraction of sp³-hybridized carbons (Fsp3) is 0.500. The van der Waals surface area contributed by atoms with Crippen molar-refractivity contribution in [1.29, 1.82) is 0 Å². The molecule has 0 radical (unpaired) electrons. The highest BCUT2D eigenvalue weighted by atomic mass is 16.5. The number of hydrogen-bond donors (Lipinski definition) is 1. The Morgan fingerprint density at radius 2 is 1.73 bits per heavy atom. The Balaban J connectivity index is 3.16. The molecule has 0 heterocycles. The molecule has 0 aliphatic heterocycles. The van der Waals surface area contributed by atoms with Crippen molar-refractivity contribution in [3.05, 3.63) is 23.3 Å². The normalized spacial score (nSPS) is 12.3. The van der Waals surface area contributed by atoms with Gasteiger partial charge in [-0.2, -0.15) is 0 Å². The minimum atomic E-state index is 0.115. The first kappa shape index (κ1) is 11.9. The van der Waals surface area contributed by atoms with Crippen LogP contribution in [0.1, 0.15) is 18.1 Å². The molecule has 0 saturated carbocycles. The molecule has 15 heavy (non-hydrogen) atoms. The van der Waals surface area contributed by atoms with Crippen LogP contribution in [0.5, 0.6) is 11.5 Å². The van der Waals surface area contributed by atoms with Crippen molar-refractivity contribution in [3.8, 4) is 11.5 Å². The molecule has 2 N–H and O–H groups in total. The Bertz CT molecular complexity index is 335. The van der Waals surface area contributed by atoms with E-state index in [9.17, 15) is 0 Å². The molecule has 1 unspecified atom stereocenters. The number of rotatable bonds is 4. The van der Waals surface area contributed by atoms with E-state index in [1.54, 1.807) is 14.2 Å². The summed E-state index contributed by atoms with van der Waals surface area (Å²) in [4.78, 5) is 0. The van der Waals surface area contributed by atoms with Gasteiger partial charge in [0.2, 0.25) is 0 Å². The Labute approximate surface area is 91.2 Å². The molecule has 0 aliphatic rings. The fourth-order valence-corrected chi connectivity index (χ4v) is 1.70. The van der Waals surface area contributed by atoms with E-state index in [4.69, 9.17) is 15.2 Å². The lowest BCUT2D eigenvalue weighted by molar-refractivity contribution is 0.395. The number of ether oxygens (including phenoxy) is 2. The molecule has 0 aliphatic carbocycles. The summed E-state index contributed by atoms with van der Waals surface area (Å²) >= 11 is 0. The van der Waals surface area contributed by atoms with Crippen LogP contribution in [0.3, 0.4) is 0 Å². The summed E-state index contributed by atoms with van der Waals surface area (Å²) in [7, 11) is 3.34. The molecule has 0 fully saturated rings. The zero-order valence-corrected chi connectivity index (χ0v) is 9.83. The predicted octanol–water partition coefficient (Wildman–Crippen LogP) is 1.90. The molecule has 0 amide bonds. The number of hydrogen-bond acceptors (Lipinski definition) is 3. The maximum atomic E-state index is 5.81. The molecule has 84 valence electrons. The minimum absolute atomic E-state index is 0.115. The van der Waals surface area contributed by atoms with E-state index in [0.717, 1.165) is 29.0 Å². The maximum absolute atomic E-state index is 5.81. The number of benzene rings is 1. The smallest absolute Gasteiger partial charge is 0.122 e.